The quantitative estimate of drug-likeness (QED) is 0.461. The molecule has 0 saturated carbocycles. The predicted octanol–water partition coefficient (Wildman–Crippen LogP) is 5.79. The fourth-order valence-corrected chi connectivity index (χ4v) is 3.09. The van der Waals surface area contributed by atoms with Crippen LogP contribution in [0.2, 0.25) is 0 Å². The number of aromatic nitrogens is 2. The molecule has 1 N–H and O–H groups in total. The van der Waals surface area contributed by atoms with Gasteiger partial charge >= 0.3 is 12.1 Å². The number of hydrogen-bond acceptors (Lipinski definition) is 4. The lowest BCUT2D eigenvalue weighted by atomic mass is 9.94. The number of alkyl halides is 3. The van der Waals surface area contributed by atoms with Crippen molar-refractivity contribution in [2.45, 2.75) is 6.18 Å². The molecule has 2 heterocycles. The van der Waals surface area contributed by atoms with Crippen molar-refractivity contribution in [1.29, 1.82) is 0 Å². The zero-order valence-electron chi connectivity index (χ0n) is 15.2. The lowest BCUT2D eigenvalue weighted by molar-refractivity contribution is -0.141. The SMILES string of the molecule is O=C(O)c1cccc(-c2ccccc2)c1-c1nc(-c2ccoc2)cc(C(F)(F)F)n1. The molecule has 0 atom stereocenters. The van der Waals surface area contributed by atoms with Gasteiger partial charge in [0, 0.05) is 11.1 Å². The minimum atomic E-state index is -4.75. The first-order chi connectivity index (χ1) is 14.3. The smallest absolute Gasteiger partial charge is 0.433 e. The molecule has 0 fully saturated rings. The van der Waals surface area contributed by atoms with E-state index < -0.39 is 17.8 Å². The van der Waals surface area contributed by atoms with Gasteiger partial charge in [-0.1, -0.05) is 42.5 Å². The zero-order chi connectivity index (χ0) is 21.3. The summed E-state index contributed by atoms with van der Waals surface area (Å²) in [5.41, 5.74) is -0.0447. The molecule has 4 aromatic rings. The normalized spacial score (nSPS) is 11.4. The van der Waals surface area contributed by atoms with Gasteiger partial charge in [0.25, 0.3) is 0 Å². The predicted molar refractivity (Wildman–Crippen MR) is 103 cm³/mol. The molecule has 4 rings (SSSR count). The van der Waals surface area contributed by atoms with E-state index in [0.717, 1.165) is 6.07 Å². The Morgan fingerprint density at radius 2 is 1.70 bits per heavy atom. The molecule has 8 heteroatoms. The molecule has 0 unspecified atom stereocenters. The minimum Gasteiger partial charge on any atom is -0.478 e. The van der Waals surface area contributed by atoms with Gasteiger partial charge < -0.3 is 9.52 Å². The van der Waals surface area contributed by atoms with Gasteiger partial charge in [0.1, 0.15) is 5.69 Å². The van der Waals surface area contributed by atoms with Crippen LogP contribution in [-0.2, 0) is 6.18 Å². The van der Waals surface area contributed by atoms with E-state index in [0.29, 0.717) is 16.7 Å². The maximum absolute atomic E-state index is 13.6. The first-order valence-corrected chi connectivity index (χ1v) is 8.75. The third kappa shape index (κ3) is 3.67. The Morgan fingerprint density at radius 3 is 2.33 bits per heavy atom. The van der Waals surface area contributed by atoms with Gasteiger partial charge in [0.2, 0.25) is 0 Å². The summed E-state index contributed by atoms with van der Waals surface area (Å²) in [6.45, 7) is 0. The molecule has 2 aromatic heterocycles. The van der Waals surface area contributed by atoms with E-state index in [4.69, 9.17) is 4.42 Å². The van der Waals surface area contributed by atoms with Gasteiger partial charge in [0.15, 0.2) is 5.82 Å². The van der Waals surface area contributed by atoms with Gasteiger partial charge in [-0.05, 0) is 29.3 Å². The van der Waals surface area contributed by atoms with E-state index in [-0.39, 0.29) is 22.6 Å². The Labute approximate surface area is 168 Å². The Kier molecular flexibility index (Phi) is 4.83. The number of benzene rings is 2. The number of furan rings is 1. The summed E-state index contributed by atoms with van der Waals surface area (Å²) >= 11 is 0. The van der Waals surface area contributed by atoms with Gasteiger partial charge in [0.05, 0.1) is 23.8 Å². The van der Waals surface area contributed by atoms with Crippen LogP contribution in [0.15, 0.2) is 77.6 Å². The van der Waals surface area contributed by atoms with Crippen molar-refractivity contribution in [2.24, 2.45) is 0 Å². The van der Waals surface area contributed by atoms with E-state index in [1.165, 1.54) is 30.7 Å². The minimum absolute atomic E-state index is 0.00652. The van der Waals surface area contributed by atoms with E-state index in [1.807, 2.05) is 0 Å². The van der Waals surface area contributed by atoms with Crippen LogP contribution in [-0.4, -0.2) is 21.0 Å². The van der Waals surface area contributed by atoms with Gasteiger partial charge in [-0.3, -0.25) is 0 Å². The topological polar surface area (TPSA) is 76.2 Å². The second-order valence-electron chi connectivity index (χ2n) is 6.37. The first kappa shape index (κ1) is 19.4. The summed E-state index contributed by atoms with van der Waals surface area (Å²) in [6.07, 6.45) is -2.18. The largest absolute Gasteiger partial charge is 0.478 e. The first-order valence-electron chi connectivity index (χ1n) is 8.75. The third-order valence-corrected chi connectivity index (χ3v) is 4.44. The lowest BCUT2D eigenvalue weighted by Gasteiger charge is -2.15. The fourth-order valence-electron chi connectivity index (χ4n) is 3.09. The van der Waals surface area contributed by atoms with Crippen LogP contribution in [0, 0.1) is 0 Å². The third-order valence-electron chi connectivity index (χ3n) is 4.44. The number of hydrogen-bond donors (Lipinski definition) is 1. The van der Waals surface area contributed by atoms with E-state index >= 15 is 0 Å². The van der Waals surface area contributed by atoms with E-state index in [9.17, 15) is 23.1 Å². The van der Waals surface area contributed by atoms with Crippen molar-refractivity contribution in [2.75, 3.05) is 0 Å². The van der Waals surface area contributed by atoms with Crippen LogP contribution >= 0.6 is 0 Å². The molecule has 0 aliphatic rings. The van der Waals surface area contributed by atoms with Crippen molar-refractivity contribution < 1.29 is 27.5 Å². The Bertz CT molecular complexity index is 1200. The maximum Gasteiger partial charge on any atom is 0.433 e. The lowest BCUT2D eigenvalue weighted by Crippen LogP contribution is -2.12. The Balaban J connectivity index is 2.05. The highest BCUT2D eigenvalue weighted by Crippen LogP contribution is 2.37. The zero-order valence-corrected chi connectivity index (χ0v) is 15.2. The van der Waals surface area contributed by atoms with Gasteiger partial charge in [-0.15, -0.1) is 0 Å². The van der Waals surface area contributed by atoms with Crippen molar-refractivity contribution in [3.8, 4) is 33.8 Å². The highest BCUT2D eigenvalue weighted by Gasteiger charge is 2.34. The average Bonchev–Trinajstić information content (AvgIpc) is 3.28. The van der Waals surface area contributed by atoms with E-state index in [2.05, 4.69) is 9.97 Å². The summed E-state index contributed by atoms with van der Waals surface area (Å²) in [5, 5.41) is 9.69. The number of aromatic carboxylic acids is 1. The molecular weight excluding hydrogens is 397 g/mol. The number of carboxylic acids is 1. The molecule has 0 aliphatic heterocycles. The molecule has 0 saturated heterocycles. The van der Waals surface area contributed by atoms with E-state index in [1.54, 1.807) is 36.4 Å². The summed E-state index contributed by atoms with van der Waals surface area (Å²) < 4.78 is 45.6. The van der Waals surface area contributed by atoms with Crippen molar-refractivity contribution in [1.82, 2.24) is 9.97 Å². The van der Waals surface area contributed by atoms with Crippen LogP contribution in [0.1, 0.15) is 16.1 Å². The van der Waals surface area contributed by atoms with Gasteiger partial charge in [-0.2, -0.15) is 13.2 Å². The highest BCUT2D eigenvalue weighted by atomic mass is 19.4. The molecule has 30 heavy (non-hydrogen) atoms. The molecule has 0 amide bonds. The number of carbonyl (C=O) groups is 1. The maximum atomic E-state index is 13.6. The molecule has 0 bridgehead atoms. The molecule has 2 aromatic carbocycles. The van der Waals surface area contributed by atoms with Crippen molar-refractivity contribution >= 4 is 5.97 Å². The van der Waals surface area contributed by atoms with Gasteiger partial charge in [-0.25, -0.2) is 14.8 Å². The fraction of sp³-hybridized carbons (Fsp3) is 0.0455. The molecule has 0 aliphatic carbocycles. The Morgan fingerprint density at radius 1 is 0.933 bits per heavy atom. The second kappa shape index (κ2) is 7.47. The summed E-state index contributed by atoms with van der Waals surface area (Å²) in [6, 6.07) is 15.5. The van der Waals surface area contributed by atoms with Crippen LogP contribution in [0.5, 0.6) is 0 Å². The number of carboxylic acid groups (broad SMARTS) is 1. The standard InChI is InChI=1S/C22H13F3N2O3/c23-22(24,25)18-11-17(14-9-10-30-12-14)26-20(27-18)19-15(13-5-2-1-3-6-13)7-4-8-16(19)21(28)29/h1-12H,(H,28,29). The highest BCUT2D eigenvalue weighted by molar-refractivity contribution is 6.00. The van der Waals surface area contributed by atoms with Crippen molar-refractivity contribution in [3.63, 3.8) is 0 Å². The summed E-state index contributed by atoms with van der Waals surface area (Å²) in [4.78, 5) is 19.8. The molecule has 0 radical (unpaired) electrons. The van der Waals surface area contributed by atoms with Crippen LogP contribution in [0.3, 0.4) is 0 Å². The Hall–Kier alpha value is -3.94. The summed E-state index contributed by atoms with van der Waals surface area (Å²) in [7, 11) is 0. The molecule has 150 valence electrons. The molecule has 0 spiro atoms. The number of halogens is 3. The number of nitrogens with zero attached hydrogens (tertiary/aromatic N) is 2. The molecule has 5 nitrogen and oxygen atoms in total. The summed E-state index contributed by atoms with van der Waals surface area (Å²) in [5.74, 6) is -1.63. The second-order valence-corrected chi connectivity index (χ2v) is 6.37. The van der Waals surface area contributed by atoms with Crippen LogP contribution in [0.25, 0.3) is 33.8 Å². The monoisotopic (exact) mass is 410 g/mol. The average molecular weight is 410 g/mol. The van der Waals surface area contributed by atoms with Crippen molar-refractivity contribution in [3.05, 3.63) is 84.4 Å². The number of rotatable bonds is 4. The van der Waals surface area contributed by atoms with Crippen LogP contribution in [0.4, 0.5) is 13.2 Å². The molecular formula is C22H13F3N2O3. The van der Waals surface area contributed by atoms with Crippen LogP contribution < -0.4 is 0 Å².